The van der Waals surface area contributed by atoms with Crippen LogP contribution in [0.4, 0.5) is 4.79 Å². The van der Waals surface area contributed by atoms with Gasteiger partial charge in [-0.1, -0.05) is 182 Å². The van der Waals surface area contributed by atoms with Crippen LogP contribution >= 0.6 is 0 Å². The third-order valence-electron chi connectivity index (χ3n) is 17.8. The highest BCUT2D eigenvalue weighted by Gasteiger charge is 2.59. The van der Waals surface area contributed by atoms with Crippen molar-refractivity contribution in [2.75, 3.05) is 32.7 Å². The second-order valence-electron chi connectivity index (χ2n) is 23.3. The Hall–Kier alpha value is -2.09. The van der Waals surface area contributed by atoms with Gasteiger partial charge in [-0.3, -0.25) is 14.5 Å². The molecule has 4 aliphatic rings. The second-order valence-corrected chi connectivity index (χ2v) is 23.3. The molecule has 3 saturated carbocycles. The van der Waals surface area contributed by atoms with E-state index in [1.54, 1.807) is 4.90 Å². The van der Waals surface area contributed by atoms with E-state index in [-0.39, 0.29) is 29.9 Å². The lowest BCUT2D eigenvalue weighted by molar-refractivity contribution is -0.123. The fraction of sp³-hybridized carbons (Fsp3) is 0.914. The van der Waals surface area contributed by atoms with Crippen molar-refractivity contribution in [1.82, 2.24) is 15.5 Å². The number of carbonyl (C=O) groups excluding carboxylic acids is 3. The average molecular weight is 924 g/mol. The number of unbranched alkanes of at least 4 members (excludes halogenated alkanes) is 18. The van der Waals surface area contributed by atoms with E-state index in [0.717, 1.165) is 93.3 Å². The molecule has 4 N–H and O–H groups in total. The zero-order chi connectivity index (χ0) is 47.6. The maximum Gasteiger partial charge on any atom is 0.410 e. The van der Waals surface area contributed by atoms with Crippen LogP contribution in [0.15, 0.2) is 11.6 Å². The molecular formula is C58H106N4O4. The van der Waals surface area contributed by atoms with Gasteiger partial charge in [0.1, 0.15) is 12.6 Å². The maximum absolute atomic E-state index is 13.9. The number of hydrogen-bond donors (Lipinski definition) is 3. The minimum atomic E-state index is -0.400. The van der Waals surface area contributed by atoms with Gasteiger partial charge in [0, 0.05) is 32.5 Å². The second kappa shape index (κ2) is 31.2. The highest BCUT2D eigenvalue weighted by molar-refractivity contribution is 5.82. The maximum atomic E-state index is 13.9. The van der Waals surface area contributed by atoms with Crippen LogP contribution < -0.4 is 16.4 Å². The van der Waals surface area contributed by atoms with Crippen LogP contribution in [0.1, 0.15) is 253 Å². The number of amides is 3. The number of carbonyl (C=O) groups is 3. The first-order chi connectivity index (χ1) is 31.9. The van der Waals surface area contributed by atoms with E-state index in [2.05, 4.69) is 58.3 Å². The molecule has 0 spiro atoms. The third-order valence-corrected chi connectivity index (χ3v) is 17.8. The molecule has 0 bridgehead atoms. The molecule has 0 unspecified atom stereocenters. The van der Waals surface area contributed by atoms with E-state index in [1.807, 2.05) is 0 Å². The summed E-state index contributed by atoms with van der Waals surface area (Å²) in [6, 6.07) is 0. The number of allylic oxidation sites excluding steroid dienone is 1. The van der Waals surface area contributed by atoms with Crippen molar-refractivity contribution in [3.05, 3.63) is 11.6 Å². The molecule has 0 aromatic heterocycles. The summed E-state index contributed by atoms with van der Waals surface area (Å²) in [6.45, 7) is 16.9. The van der Waals surface area contributed by atoms with Gasteiger partial charge in [0.05, 0.1) is 0 Å². The van der Waals surface area contributed by atoms with Gasteiger partial charge in [0.15, 0.2) is 0 Å². The van der Waals surface area contributed by atoms with E-state index in [4.69, 9.17) is 10.5 Å². The summed E-state index contributed by atoms with van der Waals surface area (Å²) >= 11 is 0. The Morgan fingerprint density at radius 3 is 1.95 bits per heavy atom. The summed E-state index contributed by atoms with van der Waals surface area (Å²) in [6.07, 6.45) is 41.8. The predicted octanol–water partition coefficient (Wildman–Crippen LogP) is 14.6. The summed E-state index contributed by atoms with van der Waals surface area (Å²) in [4.78, 5) is 41.4. The Morgan fingerprint density at radius 1 is 0.697 bits per heavy atom. The molecular weight excluding hydrogens is 817 g/mol. The van der Waals surface area contributed by atoms with Crippen molar-refractivity contribution >= 4 is 17.9 Å². The first-order valence-corrected chi connectivity index (χ1v) is 28.8. The smallest absolute Gasteiger partial charge is 0.410 e. The quantitative estimate of drug-likeness (QED) is 0.0433. The van der Waals surface area contributed by atoms with Crippen molar-refractivity contribution in [2.45, 2.75) is 260 Å². The predicted molar refractivity (Wildman–Crippen MR) is 277 cm³/mol. The number of nitrogens with one attached hydrogen (secondary N) is 2. The van der Waals surface area contributed by atoms with Crippen LogP contribution in [-0.4, -0.2) is 61.6 Å². The van der Waals surface area contributed by atoms with Gasteiger partial charge in [-0.05, 0) is 124 Å². The normalized spacial score (nSPS) is 26.2. The summed E-state index contributed by atoms with van der Waals surface area (Å²) in [5.74, 6) is 4.72. The largest absolute Gasteiger partial charge is 0.446 e. The molecule has 66 heavy (non-hydrogen) atoms. The Labute approximate surface area is 407 Å². The summed E-state index contributed by atoms with van der Waals surface area (Å²) in [5.41, 5.74) is 7.82. The van der Waals surface area contributed by atoms with Gasteiger partial charge in [-0.2, -0.15) is 0 Å². The third kappa shape index (κ3) is 18.7. The summed E-state index contributed by atoms with van der Waals surface area (Å²) in [7, 11) is 0. The first kappa shape index (κ1) is 56.5. The van der Waals surface area contributed by atoms with E-state index in [1.165, 1.54) is 147 Å². The first-order valence-electron chi connectivity index (χ1n) is 28.8. The van der Waals surface area contributed by atoms with E-state index in [9.17, 15) is 14.4 Å². The number of ether oxygens (including phenoxy) is 1. The standard InChI is InChI=1S/C58H106N4O4/c1-7-8-9-10-11-12-13-14-15-16-17-18-19-20-21-24-31-54(63)60-42-28-43-62(45-55(64)61-41-26-23-22-25-40-59)56(65)66-49-36-38-57(5)48(44-49)32-33-50-52-35-34-51(47(4)30-27-29-46(2)3)58(52,6)39-37-53(50)57/h32,46-47,49-53H,7-31,33-45,59H2,1-6H3,(H,60,63)(H,61,64)/t47-,49+,50+,51-,52+,53+,57+,58-/m1/s1. The van der Waals surface area contributed by atoms with Crippen LogP contribution in [0.3, 0.4) is 0 Å². The van der Waals surface area contributed by atoms with Gasteiger partial charge in [0.25, 0.3) is 0 Å². The molecule has 0 heterocycles. The van der Waals surface area contributed by atoms with Crippen LogP contribution in [0, 0.1) is 46.3 Å². The van der Waals surface area contributed by atoms with E-state index < -0.39 is 6.09 Å². The van der Waals surface area contributed by atoms with Crippen molar-refractivity contribution in [3.8, 4) is 0 Å². The molecule has 382 valence electrons. The Morgan fingerprint density at radius 2 is 1.30 bits per heavy atom. The van der Waals surface area contributed by atoms with E-state index >= 15 is 0 Å². The average Bonchev–Trinajstić information content (AvgIpc) is 3.65. The summed E-state index contributed by atoms with van der Waals surface area (Å²) in [5, 5.41) is 6.11. The van der Waals surface area contributed by atoms with Gasteiger partial charge >= 0.3 is 6.09 Å². The molecule has 4 aliphatic carbocycles. The zero-order valence-electron chi connectivity index (χ0n) is 44.1. The minimum absolute atomic E-state index is 0.0246. The molecule has 0 aromatic carbocycles. The van der Waals surface area contributed by atoms with Gasteiger partial charge in [-0.25, -0.2) is 4.79 Å². The summed E-state index contributed by atoms with van der Waals surface area (Å²) < 4.78 is 6.31. The lowest BCUT2D eigenvalue weighted by atomic mass is 9.47. The van der Waals surface area contributed by atoms with Crippen LogP contribution in [0.25, 0.3) is 0 Å². The van der Waals surface area contributed by atoms with Gasteiger partial charge in [-0.15, -0.1) is 0 Å². The fourth-order valence-electron chi connectivity index (χ4n) is 13.7. The van der Waals surface area contributed by atoms with Crippen LogP contribution in [-0.2, 0) is 14.3 Å². The van der Waals surface area contributed by atoms with Gasteiger partial charge in [0.2, 0.25) is 11.8 Å². The highest BCUT2D eigenvalue weighted by Crippen LogP contribution is 2.67. The Bertz CT molecular complexity index is 1400. The molecule has 8 heteroatoms. The van der Waals surface area contributed by atoms with E-state index in [0.29, 0.717) is 44.4 Å². The number of nitrogens with zero attached hydrogens (tertiary/aromatic N) is 1. The monoisotopic (exact) mass is 923 g/mol. The Kier molecular flexibility index (Phi) is 26.7. The van der Waals surface area contributed by atoms with Crippen molar-refractivity contribution in [1.29, 1.82) is 0 Å². The molecule has 3 amide bonds. The number of rotatable bonds is 35. The van der Waals surface area contributed by atoms with Crippen molar-refractivity contribution in [2.24, 2.45) is 52.1 Å². The molecule has 0 saturated heterocycles. The SMILES string of the molecule is CCCCCCCCCCCCCCCCCCC(=O)NCCCN(CC(=O)NCCCCCCN)C(=O)O[C@H]1CC[C@@]2(C)C(=CC[C@H]3[C@@H]4CC[C@H]([C@H](C)CCCC(C)C)[C@@]4(C)CC[C@@H]32)C1. The van der Waals surface area contributed by atoms with Crippen LogP contribution in [0.5, 0.6) is 0 Å². The van der Waals surface area contributed by atoms with Gasteiger partial charge < -0.3 is 21.1 Å². The van der Waals surface area contributed by atoms with Crippen molar-refractivity contribution < 1.29 is 19.1 Å². The molecule has 0 radical (unpaired) electrons. The number of nitrogens with two attached hydrogens (primary N) is 1. The molecule has 8 atom stereocenters. The lowest BCUT2D eigenvalue weighted by Gasteiger charge is -2.58. The highest BCUT2D eigenvalue weighted by atomic mass is 16.6. The Balaban J connectivity index is 1.18. The number of fused-ring (bicyclic) bond motifs is 5. The number of hydrogen-bond acceptors (Lipinski definition) is 5. The van der Waals surface area contributed by atoms with Crippen molar-refractivity contribution in [3.63, 3.8) is 0 Å². The molecule has 0 aromatic rings. The zero-order valence-corrected chi connectivity index (χ0v) is 44.1. The molecule has 3 fully saturated rings. The van der Waals surface area contributed by atoms with Crippen LogP contribution in [0.2, 0.25) is 0 Å². The fourth-order valence-corrected chi connectivity index (χ4v) is 13.7. The molecule has 4 rings (SSSR count). The lowest BCUT2D eigenvalue weighted by Crippen LogP contribution is -2.51. The topological polar surface area (TPSA) is 114 Å². The minimum Gasteiger partial charge on any atom is -0.446 e. The molecule has 0 aliphatic heterocycles. The molecule has 8 nitrogen and oxygen atoms in total.